The summed E-state index contributed by atoms with van der Waals surface area (Å²) in [5.41, 5.74) is 0.800. The predicted molar refractivity (Wildman–Crippen MR) is 95.5 cm³/mol. The molecule has 0 aromatic carbocycles. The molecule has 2 rings (SSSR count). The van der Waals surface area contributed by atoms with Crippen molar-refractivity contribution in [2.24, 2.45) is 14.1 Å². The highest BCUT2D eigenvalue weighted by atomic mass is 32.2. The molecule has 0 bridgehead atoms. The van der Waals surface area contributed by atoms with Crippen molar-refractivity contribution in [3.63, 3.8) is 0 Å². The van der Waals surface area contributed by atoms with Gasteiger partial charge in [0, 0.05) is 37.5 Å². The van der Waals surface area contributed by atoms with E-state index < -0.39 is 0 Å². The normalized spacial score (nSPS) is 11.6. The summed E-state index contributed by atoms with van der Waals surface area (Å²) >= 11 is 1.66. The minimum atomic E-state index is -0.349. The molecule has 0 saturated heterocycles. The molecular formula is C16H24N4O2S. The zero-order valence-electron chi connectivity index (χ0n) is 14.4. The highest BCUT2D eigenvalue weighted by molar-refractivity contribution is 7.99. The molecular weight excluding hydrogens is 312 g/mol. The molecule has 2 heterocycles. The van der Waals surface area contributed by atoms with Crippen LogP contribution in [0.2, 0.25) is 0 Å². The lowest BCUT2D eigenvalue weighted by atomic mass is 10.2. The van der Waals surface area contributed by atoms with Gasteiger partial charge in [0.25, 0.3) is 5.56 Å². The molecule has 0 radical (unpaired) electrons. The van der Waals surface area contributed by atoms with Crippen molar-refractivity contribution in [1.29, 1.82) is 0 Å². The Bertz CT molecular complexity index is 821. The van der Waals surface area contributed by atoms with Crippen molar-refractivity contribution in [3.8, 4) is 0 Å². The molecule has 6 nitrogen and oxygen atoms in total. The molecule has 0 saturated carbocycles. The number of fused-ring (bicyclic) bond motifs is 1. The first-order valence-electron chi connectivity index (χ1n) is 7.82. The van der Waals surface area contributed by atoms with E-state index in [0.29, 0.717) is 11.0 Å². The average Bonchev–Trinajstić information content (AvgIpc) is 2.56. The highest BCUT2D eigenvalue weighted by Gasteiger charge is 2.16. The van der Waals surface area contributed by atoms with Crippen LogP contribution in [-0.2, 0) is 14.1 Å². The molecule has 0 unspecified atom stereocenters. The van der Waals surface area contributed by atoms with Gasteiger partial charge in [-0.05, 0) is 25.6 Å². The van der Waals surface area contributed by atoms with Crippen molar-refractivity contribution >= 4 is 22.8 Å². The van der Waals surface area contributed by atoms with E-state index in [0.717, 1.165) is 40.4 Å². The second-order valence-corrected chi connectivity index (χ2v) is 6.66. The number of pyridine rings is 1. The van der Waals surface area contributed by atoms with Crippen LogP contribution in [-0.4, -0.2) is 44.4 Å². The molecule has 7 heteroatoms. The lowest BCUT2D eigenvalue weighted by Gasteiger charge is -2.18. The Morgan fingerprint density at radius 2 is 1.83 bits per heavy atom. The number of thioether (sulfide) groups is 1. The largest absolute Gasteiger partial charge is 0.332 e. The molecule has 2 aromatic heterocycles. The van der Waals surface area contributed by atoms with E-state index >= 15 is 0 Å². The lowest BCUT2D eigenvalue weighted by molar-refractivity contribution is 0.324. The fraction of sp³-hybridized carbons (Fsp3) is 0.562. The summed E-state index contributed by atoms with van der Waals surface area (Å²) < 4.78 is 2.59. The number of aromatic nitrogens is 3. The van der Waals surface area contributed by atoms with E-state index in [9.17, 15) is 9.59 Å². The van der Waals surface area contributed by atoms with Crippen molar-refractivity contribution in [1.82, 2.24) is 19.0 Å². The number of aryl methyl sites for hydroxylation is 2. The highest BCUT2D eigenvalue weighted by Crippen LogP contribution is 2.27. The third-order valence-corrected chi connectivity index (χ3v) is 5.35. The number of nitrogens with zero attached hydrogens (tertiary/aromatic N) is 4. The topological polar surface area (TPSA) is 60.1 Å². The zero-order valence-corrected chi connectivity index (χ0v) is 15.2. The molecule has 0 spiro atoms. The van der Waals surface area contributed by atoms with Gasteiger partial charge in [-0.1, -0.05) is 13.8 Å². The molecule has 0 N–H and O–H groups in total. The van der Waals surface area contributed by atoms with E-state index in [-0.39, 0.29) is 11.2 Å². The van der Waals surface area contributed by atoms with E-state index in [1.165, 1.54) is 11.6 Å². The van der Waals surface area contributed by atoms with Crippen molar-refractivity contribution < 1.29 is 0 Å². The molecule has 0 aliphatic rings. The molecule has 0 amide bonds. The van der Waals surface area contributed by atoms with Gasteiger partial charge in [0.05, 0.1) is 5.39 Å². The Hall–Kier alpha value is -1.60. The molecule has 23 heavy (non-hydrogen) atoms. The van der Waals surface area contributed by atoms with Crippen molar-refractivity contribution in [3.05, 3.63) is 32.6 Å². The van der Waals surface area contributed by atoms with Crippen LogP contribution >= 0.6 is 11.8 Å². The van der Waals surface area contributed by atoms with Gasteiger partial charge < -0.3 is 4.90 Å². The van der Waals surface area contributed by atoms with Crippen LogP contribution in [0.25, 0.3) is 11.0 Å². The van der Waals surface area contributed by atoms with Gasteiger partial charge in [-0.25, -0.2) is 9.78 Å². The predicted octanol–water partition coefficient (Wildman–Crippen LogP) is 1.37. The van der Waals surface area contributed by atoms with Gasteiger partial charge in [0.2, 0.25) is 0 Å². The van der Waals surface area contributed by atoms with Crippen LogP contribution < -0.4 is 11.2 Å². The first kappa shape index (κ1) is 17.7. The van der Waals surface area contributed by atoms with Crippen LogP contribution in [0.3, 0.4) is 0 Å². The Kier molecular flexibility index (Phi) is 5.64. The number of hydrogen-bond donors (Lipinski definition) is 0. The van der Waals surface area contributed by atoms with E-state index in [2.05, 4.69) is 23.7 Å². The van der Waals surface area contributed by atoms with Crippen LogP contribution in [0.5, 0.6) is 0 Å². The van der Waals surface area contributed by atoms with E-state index in [4.69, 9.17) is 0 Å². The summed E-state index contributed by atoms with van der Waals surface area (Å²) in [5.74, 6) is 0.896. The smallest absolute Gasteiger partial charge is 0.303 e. The van der Waals surface area contributed by atoms with Gasteiger partial charge in [-0.15, -0.1) is 11.8 Å². The van der Waals surface area contributed by atoms with Crippen molar-refractivity contribution in [2.75, 3.05) is 25.4 Å². The zero-order chi connectivity index (χ0) is 17.1. The third kappa shape index (κ3) is 3.35. The molecule has 0 aliphatic carbocycles. The lowest BCUT2D eigenvalue weighted by Crippen LogP contribution is -2.37. The standard InChI is InChI=1S/C16H24N4O2S/c1-6-20(7-2)8-9-23-13-11(3)10-17-14-12(13)15(21)19(5)16(22)18(14)4/h10H,6-9H2,1-5H3. The Morgan fingerprint density at radius 1 is 1.17 bits per heavy atom. The van der Waals surface area contributed by atoms with Gasteiger partial charge in [0.1, 0.15) is 5.65 Å². The summed E-state index contributed by atoms with van der Waals surface area (Å²) in [7, 11) is 3.16. The Labute approximate surface area is 140 Å². The molecule has 0 aliphatic heterocycles. The maximum Gasteiger partial charge on any atom is 0.332 e. The molecule has 0 atom stereocenters. The summed E-state index contributed by atoms with van der Waals surface area (Å²) in [6.07, 6.45) is 1.74. The Morgan fingerprint density at radius 3 is 2.43 bits per heavy atom. The number of hydrogen-bond acceptors (Lipinski definition) is 5. The van der Waals surface area contributed by atoms with E-state index in [1.807, 2.05) is 6.92 Å². The van der Waals surface area contributed by atoms with Gasteiger partial charge in [0.15, 0.2) is 0 Å². The summed E-state index contributed by atoms with van der Waals surface area (Å²) in [6, 6.07) is 0. The quantitative estimate of drug-likeness (QED) is 0.746. The maximum absolute atomic E-state index is 12.6. The van der Waals surface area contributed by atoms with Gasteiger partial charge >= 0.3 is 5.69 Å². The van der Waals surface area contributed by atoms with Crippen LogP contribution in [0, 0.1) is 6.92 Å². The van der Waals surface area contributed by atoms with Crippen LogP contribution in [0.1, 0.15) is 19.4 Å². The summed E-state index contributed by atoms with van der Waals surface area (Å²) in [4.78, 5) is 32.2. The maximum atomic E-state index is 12.6. The monoisotopic (exact) mass is 336 g/mol. The molecule has 126 valence electrons. The van der Waals surface area contributed by atoms with Crippen LogP contribution in [0.15, 0.2) is 20.7 Å². The minimum Gasteiger partial charge on any atom is -0.303 e. The fourth-order valence-corrected chi connectivity index (χ4v) is 3.76. The second kappa shape index (κ2) is 7.31. The molecule has 2 aromatic rings. The van der Waals surface area contributed by atoms with Gasteiger partial charge in [-0.2, -0.15) is 0 Å². The molecule has 0 fully saturated rings. The van der Waals surface area contributed by atoms with Crippen molar-refractivity contribution in [2.45, 2.75) is 25.7 Å². The number of rotatable bonds is 6. The SMILES string of the molecule is CCN(CC)CCSc1c(C)cnc2c1c(=O)n(C)c(=O)n2C. The summed E-state index contributed by atoms with van der Waals surface area (Å²) in [6.45, 7) is 9.25. The second-order valence-electron chi connectivity index (χ2n) is 5.55. The first-order valence-corrected chi connectivity index (χ1v) is 8.81. The first-order chi connectivity index (χ1) is 10.9. The fourth-order valence-electron chi connectivity index (χ4n) is 2.60. The summed E-state index contributed by atoms with van der Waals surface area (Å²) in [5, 5.41) is 0.541. The average molecular weight is 336 g/mol. The minimum absolute atomic E-state index is 0.273. The van der Waals surface area contributed by atoms with Crippen LogP contribution in [0.4, 0.5) is 0 Å². The van der Waals surface area contributed by atoms with Gasteiger partial charge in [-0.3, -0.25) is 13.9 Å². The Balaban J connectivity index is 2.49. The third-order valence-electron chi connectivity index (χ3n) is 4.15. The van der Waals surface area contributed by atoms with E-state index in [1.54, 1.807) is 25.0 Å².